The minimum absolute atomic E-state index is 0.391. The summed E-state index contributed by atoms with van der Waals surface area (Å²) in [5.74, 6) is 0.879. The van der Waals surface area contributed by atoms with Crippen LogP contribution in [0.2, 0.25) is 5.02 Å². The highest BCUT2D eigenvalue weighted by Crippen LogP contribution is 2.30. The monoisotopic (exact) mass is 261 g/mol. The van der Waals surface area contributed by atoms with E-state index < -0.39 is 0 Å². The van der Waals surface area contributed by atoms with E-state index in [0.717, 1.165) is 0 Å². The van der Waals surface area contributed by atoms with Crippen molar-refractivity contribution >= 4 is 22.9 Å². The maximum atomic E-state index is 6.01. The van der Waals surface area contributed by atoms with E-state index in [2.05, 4.69) is 15.1 Å². The van der Waals surface area contributed by atoms with Gasteiger partial charge in [-0.3, -0.25) is 0 Å². The first-order valence-electron chi connectivity index (χ1n) is 5.10. The number of benzene rings is 1. The largest absolute Gasteiger partial charge is 0.437 e. The van der Waals surface area contributed by atoms with Crippen molar-refractivity contribution in [1.82, 2.24) is 19.6 Å². The molecule has 2 N–H and O–H groups in total. The highest BCUT2D eigenvalue weighted by molar-refractivity contribution is 6.32. The van der Waals surface area contributed by atoms with Crippen molar-refractivity contribution in [2.24, 2.45) is 0 Å². The second-order valence-corrected chi connectivity index (χ2v) is 3.99. The molecule has 0 radical (unpaired) electrons. The van der Waals surface area contributed by atoms with Gasteiger partial charge in [-0.25, -0.2) is 14.5 Å². The predicted molar refractivity (Wildman–Crippen MR) is 66.7 cm³/mol. The summed E-state index contributed by atoms with van der Waals surface area (Å²) in [7, 11) is 0. The molecule has 0 unspecified atom stereocenters. The molecule has 3 aromatic rings. The van der Waals surface area contributed by atoms with Crippen molar-refractivity contribution in [2.75, 3.05) is 5.73 Å². The lowest BCUT2D eigenvalue weighted by Gasteiger charge is -2.06. The fourth-order valence-corrected chi connectivity index (χ4v) is 1.71. The molecule has 18 heavy (non-hydrogen) atoms. The second-order valence-electron chi connectivity index (χ2n) is 3.58. The van der Waals surface area contributed by atoms with Gasteiger partial charge < -0.3 is 10.5 Å². The number of aromatic nitrogens is 4. The molecule has 0 atom stereocenters. The van der Waals surface area contributed by atoms with Crippen molar-refractivity contribution in [3.8, 4) is 11.6 Å². The Hall–Kier alpha value is -2.34. The molecule has 6 nitrogen and oxygen atoms in total. The first kappa shape index (κ1) is 10.8. The number of anilines is 1. The summed E-state index contributed by atoms with van der Waals surface area (Å²) >= 11 is 6.01. The maximum Gasteiger partial charge on any atom is 0.224 e. The Kier molecular flexibility index (Phi) is 2.49. The van der Waals surface area contributed by atoms with Gasteiger partial charge in [-0.15, -0.1) is 0 Å². The Bertz CT molecular complexity index is 711. The summed E-state index contributed by atoms with van der Waals surface area (Å²) in [5.41, 5.74) is 6.83. The lowest BCUT2D eigenvalue weighted by molar-refractivity contribution is 0.461. The first-order chi connectivity index (χ1) is 8.72. The summed E-state index contributed by atoms with van der Waals surface area (Å²) in [5, 5.41) is 4.37. The number of nitrogens with zero attached hydrogens (tertiary/aromatic N) is 4. The van der Waals surface area contributed by atoms with Gasteiger partial charge in [0.1, 0.15) is 18.4 Å². The Balaban J connectivity index is 1.95. The van der Waals surface area contributed by atoms with Crippen molar-refractivity contribution in [3.05, 3.63) is 41.9 Å². The molecule has 2 aromatic heterocycles. The zero-order valence-corrected chi connectivity index (χ0v) is 9.87. The number of nitrogens with two attached hydrogens (primary N) is 1. The van der Waals surface area contributed by atoms with Gasteiger partial charge in [0.15, 0.2) is 5.65 Å². The van der Waals surface area contributed by atoms with E-state index in [9.17, 15) is 0 Å². The summed E-state index contributed by atoms with van der Waals surface area (Å²) in [6, 6.07) is 6.68. The van der Waals surface area contributed by atoms with Crippen LogP contribution in [0.1, 0.15) is 0 Å². The summed E-state index contributed by atoms with van der Waals surface area (Å²) in [6.07, 6.45) is 2.96. The van der Waals surface area contributed by atoms with Gasteiger partial charge in [0.25, 0.3) is 0 Å². The van der Waals surface area contributed by atoms with Crippen LogP contribution in [0.5, 0.6) is 11.6 Å². The number of hydrogen-bond acceptors (Lipinski definition) is 5. The van der Waals surface area contributed by atoms with Gasteiger partial charge in [0.2, 0.25) is 5.88 Å². The van der Waals surface area contributed by atoms with Crippen LogP contribution >= 0.6 is 11.6 Å². The third-order valence-corrected chi connectivity index (χ3v) is 2.61. The van der Waals surface area contributed by atoms with Crippen LogP contribution < -0.4 is 10.5 Å². The molecule has 0 spiro atoms. The third kappa shape index (κ3) is 1.93. The quantitative estimate of drug-likeness (QED) is 0.715. The molecule has 0 bridgehead atoms. The molecule has 1 aromatic carbocycles. The van der Waals surface area contributed by atoms with Gasteiger partial charge in [-0.1, -0.05) is 11.6 Å². The Morgan fingerprint density at radius 1 is 1.22 bits per heavy atom. The second kappa shape index (κ2) is 4.15. The average molecular weight is 262 g/mol. The SMILES string of the molecule is Nc1ccc(Oc2cc3ncnn3cn2)c(Cl)c1. The Labute approximate surface area is 107 Å². The van der Waals surface area contributed by atoms with Crippen molar-refractivity contribution < 1.29 is 4.74 Å². The molecule has 0 aliphatic rings. The fourth-order valence-electron chi connectivity index (χ4n) is 1.48. The molecule has 0 saturated carbocycles. The van der Waals surface area contributed by atoms with Gasteiger partial charge in [0, 0.05) is 11.8 Å². The lowest BCUT2D eigenvalue weighted by atomic mass is 10.3. The molecule has 0 fully saturated rings. The van der Waals surface area contributed by atoms with Gasteiger partial charge >= 0.3 is 0 Å². The third-order valence-electron chi connectivity index (χ3n) is 2.32. The van der Waals surface area contributed by atoms with E-state index in [-0.39, 0.29) is 0 Å². The van der Waals surface area contributed by atoms with Crippen molar-refractivity contribution in [3.63, 3.8) is 0 Å². The van der Waals surface area contributed by atoms with E-state index in [1.807, 2.05) is 0 Å². The van der Waals surface area contributed by atoms with Crippen LogP contribution in [0.4, 0.5) is 5.69 Å². The zero-order chi connectivity index (χ0) is 12.5. The van der Waals surface area contributed by atoms with Gasteiger partial charge in [-0.2, -0.15) is 5.10 Å². The molecule has 0 saturated heterocycles. The van der Waals surface area contributed by atoms with E-state index in [0.29, 0.717) is 28.0 Å². The molecule has 0 aliphatic carbocycles. The molecule has 2 heterocycles. The molecule has 3 rings (SSSR count). The standard InChI is InChI=1S/C11H8ClN5O/c12-8-3-7(13)1-2-9(8)18-11-4-10-14-5-16-17(10)6-15-11/h1-6H,13H2. The number of nitrogen functional groups attached to an aromatic ring is 1. The lowest BCUT2D eigenvalue weighted by Crippen LogP contribution is -1.94. The van der Waals surface area contributed by atoms with Crippen LogP contribution in [0.25, 0.3) is 5.65 Å². The highest BCUT2D eigenvalue weighted by atomic mass is 35.5. The van der Waals surface area contributed by atoms with Crippen molar-refractivity contribution in [2.45, 2.75) is 0 Å². The Morgan fingerprint density at radius 2 is 2.11 bits per heavy atom. The smallest absolute Gasteiger partial charge is 0.224 e. The maximum absolute atomic E-state index is 6.01. The topological polar surface area (TPSA) is 78.3 Å². The number of rotatable bonds is 2. The minimum Gasteiger partial charge on any atom is -0.437 e. The van der Waals surface area contributed by atoms with Crippen LogP contribution in [-0.2, 0) is 0 Å². The van der Waals surface area contributed by atoms with E-state index in [1.165, 1.54) is 17.2 Å². The van der Waals surface area contributed by atoms with Crippen LogP contribution in [0.15, 0.2) is 36.9 Å². The minimum atomic E-state index is 0.391. The Morgan fingerprint density at radius 3 is 2.94 bits per heavy atom. The van der Waals surface area contributed by atoms with Gasteiger partial charge in [0.05, 0.1) is 5.02 Å². The summed E-state index contributed by atoms with van der Waals surface area (Å²) < 4.78 is 7.10. The number of fused-ring (bicyclic) bond motifs is 1. The van der Waals surface area contributed by atoms with E-state index in [4.69, 9.17) is 22.1 Å². The summed E-state index contributed by atoms with van der Waals surface area (Å²) in [4.78, 5) is 8.12. The normalized spacial score (nSPS) is 10.7. The number of ether oxygens (including phenoxy) is 1. The fraction of sp³-hybridized carbons (Fsp3) is 0. The van der Waals surface area contributed by atoms with E-state index in [1.54, 1.807) is 24.3 Å². The molecular formula is C11H8ClN5O. The predicted octanol–water partition coefficient (Wildman–Crippen LogP) is 2.15. The average Bonchev–Trinajstić information content (AvgIpc) is 2.80. The molecular weight excluding hydrogens is 254 g/mol. The van der Waals surface area contributed by atoms with Crippen LogP contribution in [0, 0.1) is 0 Å². The van der Waals surface area contributed by atoms with E-state index >= 15 is 0 Å². The van der Waals surface area contributed by atoms with Crippen molar-refractivity contribution in [1.29, 1.82) is 0 Å². The number of hydrogen-bond donors (Lipinski definition) is 1. The van der Waals surface area contributed by atoms with Crippen LogP contribution in [-0.4, -0.2) is 19.6 Å². The highest BCUT2D eigenvalue weighted by Gasteiger charge is 2.06. The van der Waals surface area contributed by atoms with Gasteiger partial charge in [-0.05, 0) is 18.2 Å². The first-order valence-corrected chi connectivity index (χ1v) is 5.48. The molecule has 0 aliphatic heterocycles. The number of halogens is 1. The zero-order valence-electron chi connectivity index (χ0n) is 9.12. The molecule has 7 heteroatoms. The summed E-state index contributed by atoms with van der Waals surface area (Å²) in [6.45, 7) is 0. The molecule has 90 valence electrons. The van der Waals surface area contributed by atoms with Crippen LogP contribution in [0.3, 0.4) is 0 Å². The molecule has 0 amide bonds.